The maximum atomic E-state index is 11.4. The van der Waals surface area contributed by atoms with Crippen LogP contribution < -0.4 is 4.74 Å². The van der Waals surface area contributed by atoms with Gasteiger partial charge in [-0.05, 0) is 6.07 Å². The van der Waals surface area contributed by atoms with Crippen molar-refractivity contribution in [3.63, 3.8) is 0 Å². The molecule has 0 saturated heterocycles. The number of ether oxygens (including phenoxy) is 1. The Morgan fingerprint density at radius 1 is 1.33 bits per heavy atom. The predicted octanol–water partition coefficient (Wildman–Crippen LogP) is 1.34. The number of nitrogens with zero attached hydrogens (tertiary/aromatic N) is 3. The Morgan fingerprint density at radius 3 is 2.90 bits per heavy atom. The van der Waals surface area contributed by atoms with E-state index in [9.17, 15) is 8.42 Å². The quantitative estimate of drug-likeness (QED) is 0.848. The minimum atomic E-state index is -3.28. The van der Waals surface area contributed by atoms with Crippen molar-refractivity contribution in [2.75, 3.05) is 19.4 Å². The van der Waals surface area contributed by atoms with Gasteiger partial charge in [0.25, 0.3) is 0 Å². The number of hydrogen-bond donors (Lipinski definition) is 0. The normalized spacial score (nSPS) is 16.0. The van der Waals surface area contributed by atoms with Gasteiger partial charge in [-0.15, -0.1) is 10.2 Å². The van der Waals surface area contributed by atoms with Gasteiger partial charge in [0.2, 0.25) is 14.2 Å². The number of para-hydroxylation sites is 1. The largest absolute Gasteiger partial charge is 0.492 e. The third-order valence-corrected chi connectivity index (χ3v) is 5.73. The van der Waals surface area contributed by atoms with Crippen molar-refractivity contribution in [2.45, 2.75) is 17.4 Å². The Labute approximate surface area is 127 Å². The van der Waals surface area contributed by atoms with Crippen molar-refractivity contribution in [1.82, 2.24) is 15.1 Å². The molecule has 0 amide bonds. The molecule has 0 aliphatic carbocycles. The highest BCUT2D eigenvalue weighted by Crippen LogP contribution is 2.24. The van der Waals surface area contributed by atoms with Crippen molar-refractivity contribution in [2.24, 2.45) is 0 Å². The summed E-state index contributed by atoms with van der Waals surface area (Å²) in [6.07, 6.45) is 1.15. The monoisotopic (exact) mass is 325 g/mol. The molecule has 0 atom stereocenters. The molecule has 2 aromatic rings. The summed E-state index contributed by atoms with van der Waals surface area (Å²) in [4.78, 5) is 2.18. The molecule has 21 heavy (non-hydrogen) atoms. The van der Waals surface area contributed by atoms with Crippen LogP contribution in [0.2, 0.25) is 0 Å². The number of fused-ring (bicyclic) bond motifs is 1. The highest BCUT2D eigenvalue weighted by Gasteiger charge is 2.19. The van der Waals surface area contributed by atoms with E-state index in [-0.39, 0.29) is 4.34 Å². The first-order valence-corrected chi connectivity index (χ1v) is 9.19. The lowest BCUT2D eigenvalue weighted by Crippen LogP contribution is -2.25. The van der Waals surface area contributed by atoms with Crippen LogP contribution in [0.1, 0.15) is 10.6 Å². The second-order valence-electron chi connectivity index (χ2n) is 4.90. The van der Waals surface area contributed by atoms with E-state index >= 15 is 0 Å². The number of rotatable bonds is 3. The SMILES string of the molecule is CS(=O)(=O)c1nnc(CN2CCOc3ccccc3C2)s1. The van der Waals surface area contributed by atoms with Gasteiger partial charge in [0.1, 0.15) is 17.4 Å². The first-order valence-electron chi connectivity index (χ1n) is 6.48. The minimum absolute atomic E-state index is 0.0731. The van der Waals surface area contributed by atoms with Gasteiger partial charge in [-0.2, -0.15) is 0 Å². The number of aromatic nitrogens is 2. The average Bonchev–Trinajstić information content (AvgIpc) is 2.80. The zero-order valence-corrected chi connectivity index (χ0v) is 13.2. The van der Waals surface area contributed by atoms with Crippen LogP contribution in [-0.2, 0) is 22.9 Å². The van der Waals surface area contributed by atoms with Gasteiger partial charge in [0.15, 0.2) is 0 Å². The fraction of sp³-hybridized carbons (Fsp3) is 0.385. The fourth-order valence-corrected chi connectivity index (χ4v) is 3.85. The predicted molar refractivity (Wildman–Crippen MR) is 79.1 cm³/mol. The Balaban J connectivity index is 1.75. The summed E-state index contributed by atoms with van der Waals surface area (Å²) in [7, 11) is -3.28. The molecule has 3 rings (SSSR count). The highest BCUT2D eigenvalue weighted by molar-refractivity contribution is 7.92. The van der Waals surface area contributed by atoms with Crippen LogP contribution in [0.5, 0.6) is 5.75 Å². The van der Waals surface area contributed by atoms with Gasteiger partial charge in [0, 0.05) is 24.9 Å². The first kappa shape index (κ1) is 14.4. The summed E-state index contributed by atoms with van der Waals surface area (Å²) in [6, 6.07) is 7.94. The van der Waals surface area contributed by atoms with Crippen molar-refractivity contribution in [1.29, 1.82) is 0 Å². The standard InChI is InChI=1S/C13H15N3O3S2/c1-21(17,18)13-15-14-12(20-13)9-16-6-7-19-11-5-3-2-4-10(11)8-16/h2-5H,6-9H2,1H3. The lowest BCUT2D eigenvalue weighted by molar-refractivity contribution is 0.219. The third kappa shape index (κ3) is 3.39. The molecule has 2 heterocycles. The van der Waals surface area contributed by atoms with Crippen molar-refractivity contribution >= 4 is 21.2 Å². The molecule has 1 aromatic carbocycles. The van der Waals surface area contributed by atoms with E-state index in [0.29, 0.717) is 18.2 Å². The van der Waals surface area contributed by atoms with Crippen molar-refractivity contribution < 1.29 is 13.2 Å². The van der Waals surface area contributed by atoms with Crippen molar-refractivity contribution in [3.8, 4) is 5.75 Å². The first-order chi connectivity index (χ1) is 10.0. The van der Waals surface area contributed by atoms with Gasteiger partial charge >= 0.3 is 0 Å². The van der Waals surface area contributed by atoms with Gasteiger partial charge in [-0.3, -0.25) is 4.90 Å². The van der Waals surface area contributed by atoms with E-state index in [1.54, 1.807) is 0 Å². The summed E-state index contributed by atoms with van der Waals surface area (Å²) in [5, 5.41) is 8.42. The zero-order valence-electron chi connectivity index (χ0n) is 11.5. The molecular formula is C13H15N3O3S2. The molecule has 0 radical (unpaired) electrons. The molecule has 112 valence electrons. The van der Waals surface area contributed by atoms with Crippen molar-refractivity contribution in [3.05, 3.63) is 34.8 Å². The maximum absolute atomic E-state index is 11.4. The molecule has 1 aliphatic rings. The van der Waals surface area contributed by atoms with E-state index in [4.69, 9.17) is 4.74 Å². The maximum Gasteiger partial charge on any atom is 0.232 e. The summed E-state index contributed by atoms with van der Waals surface area (Å²) in [5.74, 6) is 0.911. The lowest BCUT2D eigenvalue weighted by Gasteiger charge is -2.17. The average molecular weight is 325 g/mol. The second-order valence-corrected chi connectivity index (χ2v) is 8.15. The Hall–Kier alpha value is -1.51. The smallest absolute Gasteiger partial charge is 0.232 e. The van der Waals surface area contributed by atoms with Gasteiger partial charge in [-0.25, -0.2) is 8.42 Å². The molecule has 1 aliphatic heterocycles. The van der Waals surface area contributed by atoms with Crippen LogP contribution in [0.15, 0.2) is 28.6 Å². The molecule has 0 saturated carbocycles. The Morgan fingerprint density at radius 2 is 2.14 bits per heavy atom. The lowest BCUT2D eigenvalue weighted by atomic mass is 10.2. The summed E-state index contributed by atoms with van der Waals surface area (Å²) >= 11 is 1.13. The molecular weight excluding hydrogens is 310 g/mol. The van der Waals surface area contributed by atoms with Crippen LogP contribution in [0.25, 0.3) is 0 Å². The summed E-state index contributed by atoms with van der Waals surface area (Å²) < 4.78 is 28.6. The molecule has 0 bridgehead atoms. The fourth-order valence-electron chi connectivity index (χ4n) is 2.16. The number of benzene rings is 1. The molecule has 6 nitrogen and oxygen atoms in total. The second kappa shape index (κ2) is 5.70. The molecule has 0 N–H and O–H groups in total. The minimum Gasteiger partial charge on any atom is -0.492 e. The topological polar surface area (TPSA) is 72.4 Å². The van der Waals surface area contributed by atoms with Crippen LogP contribution in [0.4, 0.5) is 0 Å². The molecule has 0 unspecified atom stereocenters. The van der Waals surface area contributed by atoms with Crippen LogP contribution >= 0.6 is 11.3 Å². The highest BCUT2D eigenvalue weighted by atomic mass is 32.2. The van der Waals surface area contributed by atoms with E-state index < -0.39 is 9.84 Å². The molecule has 0 fully saturated rings. The Kier molecular flexibility index (Phi) is 3.92. The van der Waals surface area contributed by atoms with Crippen LogP contribution in [0.3, 0.4) is 0 Å². The Bertz CT molecular complexity index is 743. The summed E-state index contributed by atoms with van der Waals surface area (Å²) in [5.41, 5.74) is 1.13. The van der Waals surface area contributed by atoms with E-state index in [2.05, 4.69) is 15.1 Å². The molecule has 0 spiro atoms. The van der Waals surface area contributed by atoms with Gasteiger partial charge < -0.3 is 4.74 Å². The summed E-state index contributed by atoms with van der Waals surface area (Å²) in [6.45, 7) is 2.70. The molecule has 1 aromatic heterocycles. The van der Waals surface area contributed by atoms with E-state index in [0.717, 1.165) is 42.0 Å². The van der Waals surface area contributed by atoms with Gasteiger partial charge in [0.05, 0.1) is 6.54 Å². The number of sulfone groups is 1. The van der Waals surface area contributed by atoms with Crippen LogP contribution in [-0.4, -0.2) is 42.9 Å². The van der Waals surface area contributed by atoms with E-state index in [1.807, 2.05) is 24.3 Å². The third-order valence-electron chi connectivity index (χ3n) is 3.16. The van der Waals surface area contributed by atoms with E-state index in [1.165, 1.54) is 0 Å². The number of hydrogen-bond acceptors (Lipinski definition) is 7. The zero-order chi connectivity index (χ0) is 14.9. The molecule has 8 heteroatoms. The van der Waals surface area contributed by atoms with Gasteiger partial charge in [-0.1, -0.05) is 29.5 Å². The van der Waals surface area contributed by atoms with Crippen LogP contribution in [0, 0.1) is 0 Å².